The smallest absolute Gasteiger partial charge is 0.293 e. The fraction of sp³-hybridized carbons (Fsp3) is 0.143. The van der Waals surface area contributed by atoms with Gasteiger partial charge in [0.25, 0.3) is 6.47 Å². The molecule has 0 aliphatic rings. The van der Waals surface area contributed by atoms with E-state index in [2.05, 4.69) is 9.72 Å². The van der Waals surface area contributed by atoms with E-state index in [4.69, 9.17) is 17.3 Å². The van der Waals surface area contributed by atoms with Crippen LogP contribution in [-0.2, 0) is 16.1 Å². The third-order valence-electron chi connectivity index (χ3n) is 1.29. The molecule has 0 unspecified atom stereocenters. The van der Waals surface area contributed by atoms with Gasteiger partial charge in [-0.3, -0.25) is 4.79 Å². The molecule has 0 atom stereocenters. The Morgan fingerprint density at radius 1 is 1.67 bits per heavy atom. The minimum Gasteiger partial charge on any atom is -0.463 e. The average molecular weight is 187 g/mol. The average Bonchev–Trinajstić information content (AvgIpc) is 2.03. The lowest BCUT2D eigenvalue weighted by atomic mass is 10.3. The molecule has 0 saturated heterocycles. The van der Waals surface area contributed by atoms with Crippen molar-refractivity contribution < 1.29 is 9.53 Å². The number of carbonyl (C=O) groups is 1. The largest absolute Gasteiger partial charge is 0.463 e. The molecule has 0 aliphatic carbocycles. The Labute approximate surface area is 74.3 Å². The van der Waals surface area contributed by atoms with Crippen LogP contribution >= 0.6 is 11.6 Å². The first kappa shape index (κ1) is 8.80. The van der Waals surface area contributed by atoms with E-state index in [1.54, 1.807) is 12.1 Å². The lowest BCUT2D eigenvalue weighted by Gasteiger charge is -2.02. The Bertz CT molecular complexity index is 291. The lowest BCUT2D eigenvalue weighted by Crippen LogP contribution is -1.99. The van der Waals surface area contributed by atoms with Crippen molar-refractivity contribution in [3.63, 3.8) is 0 Å². The number of nitrogens with zero attached hydrogens (tertiary/aromatic N) is 1. The van der Waals surface area contributed by atoms with Crippen molar-refractivity contribution in [2.45, 2.75) is 6.61 Å². The SMILES string of the molecule is Nc1nc(Cl)ccc1COC=O. The minimum absolute atomic E-state index is 0.125. The van der Waals surface area contributed by atoms with Gasteiger partial charge in [0, 0.05) is 5.56 Å². The lowest BCUT2D eigenvalue weighted by molar-refractivity contribution is -0.129. The van der Waals surface area contributed by atoms with Crippen LogP contribution in [0.2, 0.25) is 5.15 Å². The monoisotopic (exact) mass is 186 g/mol. The van der Waals surface area contributed by atoms with Crippen molar-refractivity contribution in [2.24, 2.45) is 0 Å². The van der Waals surface area contributed by atoms with E-state index in [0.717, 1.165) is 0 Å². The van der Waals surface area contributed by atoms with E-state index in [9.17, 15) is 4.79 Å². The van der Waals surface area contributed by atoms with E-state index in [-0.39, 0.29) is 12.4 Å². The van der Waals surface area contributed by atoms with Gasteiger partial charge in [0.15, 0.2) is 0 Å². The van der Waals surface area contributed by atoms with Gasteiger partial charge in [-0.05, 0) is 12.1 Å². The highest BCUT2D eigenvalue weighted by atomic mass is 35.5. The molecule has 12 heavy (non-hydrogen) atoms. The summed E-state index contributed by atoms with van der Waals surface area (Å²) in [7, 11) is 0. The van der Waals surface area contributed by atoms with Crippen LogP contribution in [-0.4, -0.2) is 11.5 Å². The molecular weight excluding hydrogens is 180 g/mol. The first-order chi connectivity index (χ1) is 5.74. The van der Waals surface area contributed by atoms with Crippen molar-refractivity contribution >= 4 is 23.9 Å². The molecule has 5 heteroatoms. The second-order valence-corrected chi connectivity index (χ2v) is 2.47. The molecular formula is C7H7ClN2O2. The van der Waals surface area contributed by atoms with Gasteiger partial charge in [0.1, 0.15) is 17.6 Å². The number of pyridine rings is 1. The summed E-state index contributed by atoms with van der Waals surface area (Å²) in [4.78, 5) is 13.6. The van der Waals surface area contributed by atoms with E-state index in [0.29, 0.717) is 17.2 Å². The number of hydrogen-bond donors (Lipinski definition) is 1. The molecule has 0 aliphatic heterocycles. The highest BCUT2D eigenvalue weighted by Crippen LogP contribution is 2.13. The number of rotatable bonds is 3. The predicted molar refractivity (Wildman–Crippen MR) is 44.5 cm³/mol. The number of anilines is 1. The van der Waals surface area contributed by atoms with Crippen LogP contribution in [0.5, 0.6) is 0 Å². The Balaban J connectivity index is 2.78. The number of hydrogen-bond acceptors (Lipinski definition) is 4. The van der Waals surface area contributed by atoms with Gasteiger partial charge in [-0.1, -0.05) is 11.6 Å². The number of halogens is 1. The summed E-state index contributed by atoms with van der Waals surface area (Å²) in [5.74, 6) is 0.282. The van der Waals surface area contributed by atoms with Gasteiger partial charge in [-0.25, -0.2) is 4.98 Å². The zero-order valence-corrected chi connectivity index (χ0v) is 6.91. The van der Waals surface area contributed by atoms with Crippen LogP contribution in [0.4, 0.5) is 5.82 Å². The van der Waals surface area contributed by atoms with Crippen LogP contribution < -0.4 is 5.73 Å². The van der Waals surface area contributed by atoms with Crippen LogP contribution in [0, 0.1) is 0 Å². The molecule has 0 amide bonds. The highest BCUT2D eigenvalue weighted by Gasteiger charge is 2.00. The summed E-state index contributed by atoms with van der Waals surface area (Å²) in [5.41, 5.74) is 6.12. The van der Waals surface area contributed by atoms with Crippen molar-refractivity contribution in [1.29, 1.82) is 0 Å². The minimum atomic E-state index is 0.125. The molecule has 2 N–H and O–H groups in total. The summed E-state index contributed by atoms with van der Waals surface area (Å²) in [6.45, 7) is 0.480. The molecule has 1 aromatic rings. The van der Waals surface area contributed by atoms with E-state index in [1.807, 2.05) is 0 Å². The van der Waals surface area contributed by atoms with E-state index in [1.165, 1.54) is 0 Å². The molecule has 4 nitrogen and oxygen atoms in total. The van der Waals surface area contributed by atoms with Gasteiger partial charge in [-0.2, -0.15) is 0 Å². The fourth-order valence-corrected chi connectivity index (χ4v) is 0.879. The molecule has 0 aromatic carbocycles. The summed E-state index contributed by atoms with van der Waals surface area (Å²) >= 11 is 5.55. The maximum absolute atomic E-state index is 9.85. The van der Waals surface area contributed by atoms with Gasteiger partial charge in [0.2, 0.25) is 0 Å². The van der Waals surface area contributed by atoms with Crippen LogP contribution in [0.1, 0.15) is 5.56 Å². The van der Waals surface area contributed by atoms with Gasteiger partial charge in [-0.15, -0.1) is 0 Å². The maximum Gasteiger partial charge on any atom is 0.293 e. The molecule has 1 aromatic heterocycles. The molecule has 1 heterocycles. The standard InChI is InChI=1S/C7H7ClN2O2/c8-6-2-1-5(3-12-4-11)7(9)10-6/h1-2,4H,3H2,(H2,9,10). The Morgan fingerprint density at radius 2 is 2.42 bits per heavy atom. The van der Waals surface area contributed by atoms with Gasteiger partial charge >= 0.3 is 0 Å². The normalized spacial score (nSPS) is 9.42. The summed E-state index contributed by atoms with van der Waals surface area (Å²) in [6.07, 6.45) is 0. The molecule has 0 radical (unpaired) electrons. The second kappa shape index (κ2) is 3.92. The zero-order chi connectivity index (χ0) is 8.97. The highest BCUT2D eigenvalue weighted by molar-refractivity contribution is 6.29. The van der Waals surface area contributed by atoms with E-state index >= 15 is 0 Å². The first-order valence-corrected chi connectivity index (χ1v) is 3.58. The molecule has 1 rings (SSSR count). The van der Waals surface area contributed by atoms with E-state index < -0.39 is 0 Å². The summed E-state index contributed by atoms with van der Waals surface area (Å²) in [6, 6.07) is 3.25. The molecule has 64 valence electrons. The molecule has 0 fully saturated rings. The molecule has 0 bridgehead atoms. The number of carbonyl (C=O) groups excluding carboxylic acids is 1. The topological polar surface area (TPSA) is 65.2 Å². The predicted octanol–water partition coefficient (Wildman–Crippen LogP) is 0.990. The number of ether oxygens (including phenoxy) is 1. The number of aromatic nitrogens is 1. The number of nitrogen functional groups attached to an aromatic ring is 1. The Kier molecular flexibility index (Phi) is 2.88. The van der Waals surface area contributed by atoms with Crippen molar-refractivity contribution in [3.05, 3.63) is 22.8 Å². The summed E-state index contributed by atoms with van der Waals surface area (Å²) < 4.78 is 4.50. The van der Waals surface area contributed by atoms with Crippen molar-refractivity contribution in [3.8, 4) is 0 Å². The fourth-order valence-electron chi connectivity index (χ4n) is 0.725. The van der Waals surface area contributed by atoms with Crippen molar-refractivity contribution in [1.82, 2.24) is 4.98 Å². The summed E-state index contributed by atoms with van der Waals surface area (Å²) in [5, 5.41) is 0.322. The molecule has 0 spiro atoms. The maximum atomic E-state index is 9.85. The number of nitrogens with two attached hydrogens (primary N) is 1. The molecule has 0 saturated carbocycles. The first-order valence-electron chi connectivity index (χ1n) is 3.20. The van der Waals surface area contributed by atoms with Gasteiger partial charge < -0.3 is 10.5 Å². The van der Waals surface area contributed by atoms with Gasteiger partial charge in [0.05, 0.1) is 0 Å². The van der Waals surface area contributed by atoms with Crippen LogP contribution in [0.15, 0.2) is 12.1 Å². The zero-order valence-electron chi connectivity index (χ0n) is 6.16. The van der Waals surface area contributed by atoms with Crippen molar-refractivity contribution in [2.75, 3.05) is 5.73 Å². The second-order valence-electron chi connectivity index (χ2n) is 2.09. The van der Waals surface area contributed by atoms with Crippen LogP contribution in [0.3, 0.4) is 0 Å². The van der Waals surface area contributed by atoms with Crippen LogP contribution in [0.25, 0.3) is 0 Å². The Morgan fingerprint density at radius 3 is 3.00 bits per heavy atom. The quantitative estimate of drug-likeness (QED) is 0.565. The Hall–Kier alpha value is -1.29. The third-order valence-corrected chi connectivity index (χ3v) is 1.50. The third kappa shape index (κ3) is 2.10.